The molecule has 0 fully saturated rings. The van der Waals surface area contributed by atoms with Crippen LogP contribution in [0.1, 0.15) is 62.1 Å². The van der Waals surface area contributed by atoms with Crippen LogP contribution in [0.25, 0.3) is 0 Å². The van der Waals surface area contributed by atoms with E-state index in [0.717, 1.165) is 24.2 Å². The molecule has 220 valence electrons. The Bertz CT molecular complexity index is 1270. The zero-order valence-electron chi connectivity index (χ0n) is 24.1. The lowest BCUT2D eigenvalue weighted by Gasteiger charge is -2.26. The van der Waals surface area contributed by atoms with E-state index in [4.69, 9.17) is 0 Å². The Hall–Kier alpha value is -4.06. The van der Waals surface area contributed by atoms with Crippen LogP contribution in [-0.2, 0) is 33.9 Å². The van der Waals surface area contributed by atoms with Gasteiger partial charge in [0.1, 0.15) is 18.4 Å². The summed E-state index contributed by atoms with van der Waals surface area (Å²) in [4.78, 5) is 53.7. The fourth-order valence-corrected chi connectivity index (χ4v) is 4.99. The minimum absolute atomic E-state index is 0.00268. The molecule has 3 amide bonds. The van der Waals surface area contributed by atoms with Crippen LogP contribution in [0.5, 0.6) is 0 Å². The van der Waals surface area contributed by atoms with Gasteiger partial charge in [0, 0.05) is 44.4 Å². The van der Waals surface area contributed by atoms with Crippen molar-refractivity contribution in [2.24, 2.45) is 5.92 Å². The van der Waals surface area contributed by atoms with Gasteiger partial charge in [-0.1, -0.05) is 44.2 Å². The molecule has 0 aliphatic carbocycles. The van der Waals surface area contributed by atoms with Gasteiger partial charge in [0.05, 0.1) is 12.4 Å². The summed E-state index contributed by atoms with van der Waals surface area (Å²) in [6, 6.07) is 8.36. The van der Waals surface area contributed by atoms with E-state index in [-0.39, 0.29) is 36.6 Å². The van der Waals surface area contributed by atoms with Gasteiger partial charge in [-0.3, -0.25) is 19.3 Å². The molecule has 1 aromatic carbocycles. The SMILES string of the molecule is Cc1nc2n(n1)CC(=O)NCCCN(Cc1cnc[nH]1)CCCC(=O)N[C@H](Cc1ccccc1)C(=O)N[C@H]2C(C)C. The molecular weight excluding hydrogens is 522 g/mol. The molecule has 3 heterocycles. The smallest absolute Gasteiger partial charge is 0.243 e. The molecule has 4 rings (SSSR count). The number of carbonyl (C=O) groups is 3. The Morgan fingerprint density at radius 1 is 1.02 bits per heavy atom. The van der Waals surface area contributed by atoms with E-state index in [9.17, 15) is 14.4 Å². The molecule has 12 nitrogen and oxygen atoms in total. The number of aromatic amines is 1. The Balaban J connectivity index is 1.58. The molecule has 0 spiro atoms. The summed E-state index contributed by atoms with van der Waals surface area (Å²) in [5.41, 5.74) is 1.92. The number of rotatable bonds is 5. The second-order valence-corrected chi connectivity index (χ2v) is 10.9. The lowest BCUT2D eigenvalue weighted by atomic mass is 10.0. The first-order valence-electron chi connectivity index (χ1n) is 14.3. The molecule has 4 N–H and O–H groups in total. The van der Waals surface area contributed by atoms with Crippen LogP contribution < -0.4 is 16.0 Å². The molecule has 0 saturated carbocycles. The van der Waals surface area contributed by atoms with E-state index >= 15 is 0 Å². The number of aromatic nitrogens is 5. The number of hydrogen-bond acceptors (Lipinski definition) is 7. The molecule has 2 atom stereocenters. The summed E-state index contributed by atoms with van der Waals surface area (Å²) in [5.74, 6) is 0.347. The molecule has 1 aliphatic heterocycles. The molecule has 3 aromatic rings. The average molecular weight is 564 g/mol. The van der Waals surface area contributed by atoms with Gasteiger partial charge in [-0.25, -0.2) is 14.6 Å². The van der Waals surface area contributed by atoms with Crippen molar-refractivity contribution in [2.75, 3.05) is 19.6 Å². The number of carbonyl (C=O) groups excluding carboxylic acids is 3. The molecular formula is C29H41N9O3. The first kappa shape index (κ1) is 29.9. The van der Waals surface area contributed by atoms with Gasteiger partial charge in [-0.15, -0.1) is 0 Å². The quantitative estimate of drug-likeness (QED) is 0.369. The average Bonchev–Trinajstić information content (AvgIpc) is 3.58. The van der Waals surface area contributed by atoms with Crippen LogP contribution in [0.15, 0.2) is 42.9 Å². The van der Waals surface area contributed by atoms with Crippen LogP contribution in [0, 0.1) is 12.8 Å². The molecule has 1 aliphatic rings. The van der Waals surface area contributed by atoms with Gasteiger partial charge in [-0.2, -0.15) is 5.10 Å². The van der Waals surface area contributed by atoms with Crippen molar-refractivity contribution in [1.29, 1.82) is 0 Å². The Labute approximate surface area is 240 Å². The maximum atomic E-state index is 13.7. The second-order valence-electron chi connectivity index (χ2n) is 10.9. The number of H-pyrrole nitrogens is 1. The Morgan fingerprint density at radius 2 is 1.80 bits per heavy atom. The summed E-state index contributed by atoms with van der Waals surface area (Å²) in [5, 5.41) is 13.5. The third kappa shape index (κ3) is 8.97. The van der Waals surface area contributed by atoms with Crippen LogP contribution in [-0.4, -0.2) is 73.0 Å². The Kier molecular flexibility index (Phi) is 10.6. The standard InChI is InChI=1S/C29H41N9O3/c1-20(2)27-28-33-21(3)36-38(28)18-26(40)31-12-8-14-37(17-23-16-30-19-32-23)13-7-11-25(39)34-24(29(41)35-27)15-22-9-5-4-6-10-22/h4-6,9-10,16,19-20,24,27H,7-8,11-15,17-18H2,1-3H3,(H,30,32)(H,31,40)(H,34,39)(H,35,41)/t24-,27+/m1/s1. The van der Waals surface area contributed by atoms with Gasteiger partial charge < -0.3 is 20.9 Å². The maximum absolute atomic E-state index is 13.7. The highest BCUT2D eigenvalue weighted by Crippen LogP contribution is 2.21. The van der Waals surface area contributed by atoms with Crippen molar-refractivity contribution in [3.05, 3.63) is 65.8 Å². The van der Waals surface area contributed by atoms with E-state index in [1.807, 2.05) is 44.2 Å². The van der Waals surface area contributed by atoms with Gasteiger partial charge >= 0.3 is 0 Å². The van der Waals surface area contributed by atoms with Crippen molar-refractivity contribution in [3.63, 3.8) is 0 Å². The molecule has 0 radical (unpaired) electrons. The van der Waals surface area contributed by atoms with Crippen LogP contribution in [0.4, 0.5) is 0 Å². The third-order valence-electron chi connectivity index (χ3n) is 7.08. The predicted molar refractivity (Wildman–Crippen MR) is 153 cm³/mol. The van der Waals surface area contributed by atoms with Crippen molar-refractivity contribution in [1.82, 2.24) is 45.6 Å². The van der Waals surface area contributed by atoms with Crippen molar-refractivity contribution >= 4 is 17.7 Å². The fraction of sp³-hybridized carbons (Fsp3) is 0.517. The number of imidazole rings is 1. The first-order chi connectivity index (χ1) is 19.8. The van der Waals surface area contributed by atoms with Gasteiger partial charge in [0.2, 0.25) is 17.7 Å². The highest BCUT2D eigenvalue weighted by molar-refractivity contribution is 5.88. The number of hydrogen-bond donors (Lipinski definition) is 4. The van der Waals surface area contributed by atoms with Gasteiger partial charge in [0.25, 0.3) is 0 Å². The molecule has 0 bridgehead atoms. The minimum Gasteiger partial charge on any atom is -0.354 e. The van der Waals surface area contributed by atoms with E-state index < -0.39 is 12.1 Å². The van der Waals surface area contributed by atoms with Crippen molar-refractivity contribution < 1.29 is 14.4 Å². The number of nitrogens with one attached hydrogen (secondary N) is 4. The van der Waals surface area contributed by atoms with E-state index in [2.05, 4.69) is 40.9 Å². The number of fused-ring (bicyclic) bond motifs is 1. The van der Waals surface area contributed by atoms with Crippen LogP contribution >= 0.6 is 0 Å². The van der Waals surface area contributed by atoms with Crippen LogP contribution in [0.3, 0.4) is 0 Å². The first-order valence-corrected chi connectivity index (χ1v) is 14.3. The molecule has 0 unspecified atom stereocenters. The normalized spacial score (nSPS) is 20.4. The van der Waals surface area contributed by atoms with Crippen molar-refractivity contribution in [3.8, 4) is 0 Å². The monoisotopic (exact) mass is 563 g/mol. The molecule has 0 saturated heterocycles. The van der Waals surface area contributed by atoms with Gasteiger partial charge in [-0.05, 0) is 37.8 Å². The second kappa shape index (κ2) is 14.5. The Morgan fingerprint density at radius 3 is 2.54 bits per heavy atom. The van der Waals surface area contributed by atoms with Crippen molar-refractivity contribution in [2.45, 2.75) is 71.6 Å². The summed E-state index contributed by atoms with van der Waals surface area (Å²) in [6.45, 7) is 8.31. The highest BCUT2D eigenvalue weighted by Gasteiger charge is 2.29. The molecule has 2 aromatic heterocycles. The number of nitrogens with zero attached hydrogens (tertiary/aromatic N) is 5. The summed E-state index contributed by atoms with van der Waals surface area (Å²) in [6.07, 6.45) is 5.45. The zero-order valence-corrected chi connectivity index (χ0v) is 24.1. The molecule has 12 heteroatoms. The highest BCUT2D eigenvalue weighted by atomic mass is 16.2. The van der Waals surface area contributed by atoms with Crippen LogP contribution in [0.2, 0.25) is 0 Å². The predicted octanol–water partition coefficient (Wildman–Crippen LogP) is 1.65. The summed E-state index contributed by atoms with van der Waals surface area (Å²) in [7, 11) is 0. The topological polar surface area (TPSA) is 150 Å². The zero-order chi connectivity index (χ0) is 29.2. The summed E-state index contributed by atoms with van der Waals surface area (Å²) < 4.78 is 1.56. The lowest BCUT2D eigenvalue weighted by Crippen LogP contribution is -2.50. The van der Waals surface area contributed by atoms with E-state index in [1.165, 1.54) is 0 Å². The van der Waals surface area contributed by atoms with Gasteiger partial charge in [0.15, 0.2) is 5.82 Å². The van der Waals surface area contributed by atoms with E-state index in [0.29, 0.717) is 44.1 Å². The third-order valence-corrected chi connectivity index (χ3v) is 7.08. The fourth-order valence-electron chi connectivity index (χ4n) is 4.99. The largest absolute Gasteiger partial charge is 0.354 e. The number of benzene rings is 1. The lowest BCUT2D eigenvalue weighted by molar-refractivity contribution is -0.129. The number of aryl methyl sites for hydroxylation is 1. The molecule has 41 heavy (non-hydrogen) atoms. The number of amides is 3. The van der Waals surface area contributed by atoms with E-state index in [1.54, 1.807) is 24.1 Å². The summed E-state index contributed by atoms with van der Waals surface area (Å²) >= 11 is 0. The maximum Gasteiger partial charge on any atom is 0.243 e. The minimum atomic E-state index is -0.771.